The van der Waals surface area contributed by atoms with Gasteiger partial charge in [0, 0.05) is 37.4 Å². The molecule has 22 heavy (non-hydrogen) atoms. The molecule has 0 saturated carbocycles. The predicted molar refractivity (Wildman–Crippen MR) is 82.7 cm³/mol. The minimum atomic E-state index is -3.40. The van der Waals surface area contributed by atoms with Crippen molar-refractivity contribution < 1.29 is 13.2 Å². The van der Waals surface area contributed by atoms with E-state index >= 15 is 0 Å². The molecule has 1 N–H and O–H groups in total. The van der Waals surface area contributed by atoms with Crippen LogP contribution in [0.2, 0.25) is 0 Å². The molecule has 0 unspecified atom stereocenters. The van der Waals surface area contributed by atoms with E-state index in [0.717, 1.165) is 42.7 Å². The quantitative estimate of drug-likeness (QED) is 0.886. The molecule has 0 amide bonds. The van der Waals surface area contributed by atoms with E-state index < -0.39 is 10.0 Å². The lowest BCUT2D eigenvalue weighted by atomic mass is 10.1. The van der Waals surface area contributed by atoms with E-state index in [1.807, 2.05) is 0 Å². The van der Waals surface area contributed by atoms with Gasteiger partial charge >= 0.3 is 0 Å². The maximum atomic E-state index is 11.9. The second-order valence-corrected chi connectivity index (χ2v) is 7.37. The number of hydrogen-bond donors (Lipinski definition) is 1. The molecule has 7 nitrogen and oxygen atoms in total. The average molecular weight is 324 g/mol. The van der Waals surface area contributed by atoms with Crippen molar-refractivity contribution in [2.75, 3.05) is 25.1 Å². The minimum absolute atomic E-state index is 0.272. The molecule has 1 aromatic rings. The van der Waals surface area contributed by atoms with E-state index in [1.54, 1.807) is 6.20 Å². The molecule has 8 heteroatoms. The first-order chi connectivity index (χ1) is 10.6. The van der Waals surface area contributed by atoms with Crippen molar-refractivity contribution in [1.29, 1.82) is 0 Å². The van der Waals surface area contributed by atoms with Gasteiger partial charge in [0.05, 0.1) is 12.2 Å². The summed E-state index contributed by atoms with van der Waals surface area (Å²) in [7, 11) is -3.40. The molecule has 0 aromatic carbocycles. The van der Waals surface area contributed by atoms with Crippen LogP contribution in [0.1, 0.15) is 24.1 Å². The Morgan fingerprint density at radius 2 is 2.18 bits per heavy atom. The van der Waals surface area contributed by atoms with E-state index in [9.17, 15) is 8.42 Å². The van der Waals surface area contributed by atoms with Crippen molar-refractivity contribution in [1.82, 2.24) is 14.3 Å². The largest absolute Gasteiger partial charge is 0.381 e. The average Bonchev–Trinajstić information content (AvgIpc) is 2.55. The molecule has 1 saturated heterocycles. The molecule has 0 atom stereocenters. The van der Waals surface area contributed by atoms with Crippen LogP contribution in [0, 0.1) is 0 Å². The van der Waals surface area contributed by atoms with Crippen molar-refractivity contribution in [3.05, 3.63) is 29.4 Å². The van der Waals surface area contributed by atoms with Crippen molar-refractivity contribution in [2.45, 2.75) is 31.8 Å². The Bertz CT molecular complexity index is 656. The normalized spacial score (nSPS) is 20.4. The maximum absolute atomic E-state index is 11.9. The van der Waals surface area contributed by atoms with Gasteiger partial charge in [-0.15, -0.1) is 0 Å². The maximum Gasteiger partial charge on any atom is 0.235 e. The fraction of sp³-hybridized carbons (Fsp3) is 0.571. The number of aromatic nitrogens is 2. The van der Waals surface area contributed by atoms with Gasteiger partial charge in [-0.05, 0) is 24.8 Å². The number of anilines is 1. The predicted octanol–water partition coefficient (Wildman–Crippen LogP) is 0.899. The molecule has 1 aromatic heterocycles. The third-order valence-electron chi connectivity index (χ3n) is 4.04. The zero-order valence-corrected chi connectivity index (χ0v) is 13.2. The summed E-state index contributed by atoms with van der Waals surface area (Å²) in [4.78, 5) is 8.84. The second kappa shape index (κ2) is 6.31. The molecule has 3 heterocycles. The summed E-state index contributed by atoms with van der Waals surface area (Å²) in [5.74, 6) is 0.559. The Kier molecular flexibility index (Phi) is 4.42. The van der Waals surface area contributed by atoms with Gasteiger partial charge < -0.3 is 10.1 Å². The Morgan fingerprint density at radius 3 is 2.91 bits per heavy atom. The number of hydrogen-bond acceptors (Lipinski definition) is 6. The second-order valence-electron chi connectivity index (χ2n) is 5.49. The summed E-state index contributed by atoms with van der Waals surface area (Å²) >= 11 is 0. The van der Waals surface area contributed by atoms with E-state index in [2.05, 4.69) is 21.9 Å². The number of ether oxygens (including phenoxy) is 1. The summed E-state index contributed by atoms with van der Waals surface area (Å²) in [6, 6.07) is 0.309. The summed E-state index contributed by atoms with van der Waals surface area (Å²) in [5, 5.41) is 4.29. The monoisotopic (exact) mass is 324 g/mol. The minimum Gasteiger partial charge on any atom is -0.381 e. The molecular weight excluding hydrogens is 304 g/mol. The zero-order valence-electron chi connectivity index (χ0n) is 12.4. The highest BCUT2D eigenvalue weighted by atomic mass is 32.2. The highest BCUT2D eigenvalue weighted by molar-refractivity contribution is 7.91. The fourth-order valence-corrected chi connectivity index (χ4v) is 3.55. The Morgan fingerprint density at radius 1 is 1.41 bits per heavy atom. The lowest BCUT2D eigenvalue weighted by Crippen LogP contribution is -2.35. The summed E-state index contributed by atoms with van der Waals surface area (Å²) in [5.41, 5.74) is 1.77. The third kappa shape index (κ3) is 3.29. The highest BCUT2D eigenvalue weighted by Crippen LogP contribution is 2.21. The van der Waals surface area contributed by atoms with Gasteiger partial charge in [0.15, 0.2) is 0 Å². The van der Waals surface area contributed by atoms with E-state index in [4.69, 9.17) is 4.74 Å². The van der Waals surface area contributed by atoms with Crippen LogP contribution in [0.5, 0.6) is 0 Å². The van der Waals surface area contributed by atoms with Crippen LogP contribution in [0.15, 0.2) is 18.2 Å². The van der Waals surface area contributed by atoms with Crippen molar-refractivity contribution in [3.8, 4) is 0 Å². The van der Waals surface area contributed by atoms with Crippen molar-refractivity contribution in [2.24, 2.45) is 0 Å². The highest BCUT2D eigenvalue weighted by Gasteiger charge is 2.26. The molecular formula is C14H20N4O3S. The van der Waals surface area contributed by atoms with Gasteiger partial charge in [-0.1, -0.05) is 6.58 Å². The van der Waals surface area contributed by atoms with Gasteiger partial charge in [-0.3, -0.25) is 0 Å². The molecule has 1 fully saturated rings. The molecule has 0 spiro atoms. The summed E-state index contributed by atoms with van der Waals surface area (Å²) in [6.45, 7) is 5.57. The first kappa shape index (κ1) is 15.4. The van der Waals surface area contributed by atoms with Crippen molar-refractivity contribution >= 4 is 16.0 Å². The van der Waals surface area contributed by atoms with Crippen LogP contribution in [-0.4, -0.2) is 48.5 Å². The number of rotatable bonds is 4. The number of fused-ring (bicyclic) bond motifs is 1. The molecule has 120 valence electrons. The van der Waals surface area contributed by atoms with E-state index in [1.165, 1.54) is 4.31 Å². The smallest absolute Gasteiger partial charge is 0.235 e. The molecule has 2 aliphatic heterocycles. The third-order valence-corrected chi connectivity index (χ3v) is 5.49. The Hall–Kier alpha value is -1.51. The Labute approximate surface area is 130 Å². The first-order valence-electron chi connectivity index (χ1n) is 7.40. The van der Waals surface area contributed by atoms with E-state index in [0.29, 0.717) is 25.0 Å². The number of sulfonamides is 1. The molecule has 0 aliphatic carbocycles. The van der Waals surface area contributed by atoms with Gasteiger partial charge in [0.25, 0.3) is 0 Å². The van der Waals surface area contributed by atoms with Crippen LogP contribution in [0.3, 0.4) is 0 Å². The zero-order chi connectivity index (χ0) is 15.6. The van der Waals surface area contributed by atoms with E-state index in [-0.39, 0.29) is 6.54 Å². The lowest BCUT2D eigenvalue weighted by molar-refractivity contribution is 0.0903. The van der Waals surface area contributed by atoms with Crippen LogP contribution < -0.4 is 5.32 Å². The van der Waals surface area contributed by atoms with Crippen LogP contribution in [0.4, 0.5) is 5.95 Å². The summed E-state index contributed by atoms with van der Waals surface area (Å²) in [6.07, 6.45) is 4.27. The van der Waals surface area contributed by atoms with Gasteiger partial charge in [-0.25, -0.2) is 18.4 Å². The topological polar surface area (TPSA) is 84.4 Å². The molecule has 3 rings (SSSR count). The van der Waals surface area contributed by atoms with Crippen LogP contribution >= 0.6 is 0 Å². The van der Waals surface area contributed by atoms with Gasteiger partial charge in [0.1, 0.15) is 0 Å². The summed E-state index contributed by atoms with van der Waals surface area (Å²) < 4.78 is 30.5. The van der Waals surface area contributed by atoms with Crippen molar-refractivity contribution in [3.63, 3.8) is 0 Å². The fourth-order valence-electron chi connectivity index (χ4n) is 2.70. The van der Waals surface area contributed by atoms with Crippen LogP contribution in [0.25, 0.3) is 0 Å². The lowest BCUT2D eigenvalue weighted by Gasteiger charge is -2.27. The Balaban J connectivity index is 1.75. The molecule has 0 bridgehead atoms. The molecule has 2 aliphatic rings. The molecule has 0 radical (unpaired) electrons. The van der Waals surface area contributed by atoms with Gasteiger partial charge in [0.2, 0.25) is 16.0 Å². The SMILES string of the molecule is C=CS(=O)(=O)N1CCc2cnc(NC3CCOCC3)nc2C1. The van der Waals surface area contributed by atoms with Crippen LogP contribution in [-0.2, 0) is 27.7 Å². The van der Waals surface area contributed by atoms with Gasteiger partial charge in [-0.2, -0.15) is 4.31 Å². The number of nitrogens with zero attached hydrogens (tertiary/aromatic N) is 3. The number of nitrogens with one attached hydrogen (secondary N) is 1. The first-order valence-corrected chi connectivity index (χ1v) is 8.90. The standard InChI is InChI=1S/C14H20N4O3S/c1-2-22(19,20)18-6-3-11-9-15-14(17-13(11)10-18)16-12-4-7-21-8-5-12/h2,9,12H,1,3-8,10H2,(H,15,16,17).